The van der Waals surface area contributed by atoms with E-state index in [1.165, 1.54) is 0 Å². The molecule has 46 valence electrons. The van der Waals surface area contributed by atoms with Gasteiger partial charge in [0.05, 0.1) is 0 Å². The SMILES string of the molecule is NC(C(=O)O)C1CC1. The molecule has 0 aromatic rings. The molecule has 3 heteroatoms. The Morgan fingerprint density at radius 2 is 2.25 bits per heavy atom. The third-order valence-electron chi connectivity index (χ3n) is 1.42. The van der Waals surface area contributed by atoms with Crippen LogP contribution in [0.4, 0.5) is 0 Å². The summed E-state index contributed by atoms with van der Waals surface area (Å²) in [6.07, 6.45) is 1.99. The van der Waals surface area contributed by atoms with Gasteiger partial charge in [-0.15, -0.1) is 0 Å². The lowest BCUT2D eigenvalue weighted by atomic mass is 10.2. The molecule has 1 aliphatic carbocycles. The smallest absolute Gasteiger partial charge is 0.320 e. The van der Waals surface area contributed by atoms with Crippen molar-refractivity contribution in [2.75, 3.05) is 0 Å². The lowest BCUT2D eigenvalue weighted by Crippen LogP contribution is -2.31. The van der Waals surface area contributed by atoms with Crippen molar-refractivity contribution in [3.63, 3.8) is 0 Å². The van der Waals surface area contributed by atoms with Crippen molar-refractivity contribution < 1.29 is 9.90 Å². The Kier molecular flexibility index (Phi) is 1.21. The maximum absolute atomic E-state index is 10.1. The first-order chi connectivity index (χ1) is 3.72. The zero-order chi connectivity index (χ0) is 6.15. The quantitative estimate of drug-likeness (QED) is 0.524. The fourth-order valence-corrected chi connectivity index (χ4v) is 0.657. The molecule has 3 N–H and O–H groups in total. The summed E-state index contributed by atoms with van der Waals surface area (Å²) in [5, 5.41) is 8.27. The molecule has 1 saturated carbocycles. The highest BCUT2D eigenvalue weighted by atomic mass is 16.4. The Morgan fingerprint density at radius 1 is 1.75 bits per heavy atom. The van der Waals surface area contributed by atoms with Gasteiger partial charge in [0.15, 0.2) is 0 Å². The third kappa shape index (κ3) is 0.980. The molecular formula is C5H9NO2. The molecule has 1 aliphatic rings. The van der Waals surface area contributed by atoms with E-state index in [1.807, 2.05) is 0 Å². The maximum Gasteiger partial charge on any atom is 0.320 e. The van der Waals surface area contributed by atoms with Crippen LogP contribution in [-0.4, -0.2) is 17.1 Å². The van der Waals surface area contributed by atoms with Crippen LogP contribution in [0.5, 0.6) is 0 Å². The largest absolute Gasteiger partial charge is 0.480 e. The predicted octanol–water partition coefficient (Wildman–Crippen LogP) is -0.192. The van der Waals surface area contributed by atoms with Crippen molar-refractivity contribution >= 4 is 5.97 Å². The highest BCUT2D eigenvalue weighted by Gasteiger charge is 2.32. The summed E-state index contributed by atoms with van der Waals surface area (Å²) < 4.78 is 0. The second-order valence-electron chi connectivity index (χ2n) is 2.20. The molecule has 0 aliphatic heterocycles. The Labute approximate surface area is 47.5 Å². The molecule has 1 unspecified atom stereocenters. The van der Waals surface area contributed by atoms with E-state index in [9.17, 15) is 4.79 Å². The van der Waals surface area contributed by atoms with E-state index in [4.69, 9.17) is 10.8 Å². The highest BCUT2D eigenvalue weighted by molar-refractivity contribution is 5.73. The summed E-state index contributed by atoms with van der Waals surface area (Å²) in [6, 6.07) is -0.602. The lowest BCUT2D eigenvalue weighted by Gasteiger charge is -1.99. The fraction of sp³-hybridized carbons (Fsp3) is 0.800. The minimum absolute atomic E-state index is 0.271. The average Bonchev–Trinajstić information content (AvgIpc) is 2.43. The molecule has 1 rings (SSSR count). The van der Waals surface area contributed by atoms with E-state index in [0.29, 0.717) is 0 Å². The normalized spacial score (nSPS) is 22.6. The number of nitrogens with two attached hydrogens (primary N) is 1. The molecule has 0 aromatic heterocycles. The standard InChI is InChI=1S/C5H9NO2/c6-4(5(7)8)3-1-2-3/h3-4H,1-2,6H2,(H,7,8). The van der Waals surface area contributed by atoms with Gasteiger partial charge in [0.25, 0.3) is 0 Å². The average molecular weight is 115 g/mol. The Bertz CT molecular complexity index is 109. The molecule has 1 atom stereocenters. The first-order valence-electron chi connectivity index (χ1n) is 2.70. The molecule has 0 heterocycles. The molecule has 0 bridgehead atoms. The van der Waals surface area contributed by atoms with Crippen LogP contribution < -0.4 is 5.73 Å². The van der Waals surface area contributed by atoms with Gasteiger partial charge in [-0.05, 0) is 18.8 Å². The zero-order valence-corrected chi connectivity index (χ0v) is 4.50. The van der Waals surface area contributed by atoms with Gasteiger partial charge in [0, 0.05) is 0 Å². The number of aliphatic carboxylic acids is 1. The highest BCUT2D eigenvalue weighted by Crippen LogP contribution is 2.31. The van der Waals surface area contributed by atoms with Gasteiger partial charge in [-0.25, -0.2) is 0 Å². The van der Waals surface area contributed by atoms with E-state index in [0.717, 1.165) is 12.8 Å². The summed E-state index contributed by atoms with van der Waals surface area (Å²) >= 11 is 0. The van der Waals surface area contributed by atoms with E-state index in [-0.39, 0.29) is 5.92 Å². The van der Waals surface area contributed by atoms with Gasteiger partial charge in [0.1, 0.15) is 6.04 Å². The van der Waals surface area contributed by atoms with Gasteiger partial charge in [-0.1, -0.05) is 0 Å². The Balaban J connectivity index is 2.32. The molecule has 0 saturated heterocycles. The fourth-order valence-electron chi connectivity index (χ4n) is 0.657. The molecule has 0 amide bonds. The monoisotopic (exact) mass is 115 g/mol. The van der Waals surface area contributed by atoms with E-state index >= 15 is 0 Å². The third-order valence-corrected chi connectivity index (χ3v) is 1.42. The van der Waals surface area contributed by atoms with Crippen LogP contribution in [0.2, 0.25) is 0 Å². The van der Waals surface area contributed by atoms with Crippen LogP contribution in [0.25, 0.3) is 0 Å². The first-order valence-corrected chi connectivity index (χ1v) is 2.70. The number of carbonyl (C=O) groups is 1. The molecule has 0 aromatic carbocycles. The second-order valence-corrected chi connectivity index (χ2v) is 2.20. The summed E-state index contributed by atoms with van der Waals surface area (Å²) in [4.78, 5) is 10.1. The van der Waals surface area contributed by atoms with Crippen LogP contribution in [0.3, 0.4) is 0 Å². The van der Waals surface area contributed by atoms with E-state index in [2.05, 4.69) is 0 Å². The number of rotatable bonds is 2. The van der Waals surface area contributed by atoms with E-state index in [1.54, 1.807) is 0 Å². The minimum Gasteiger partial charge on any atom is -0.480 e. The van der Waals surface area contributed by atoms with Crippen molar-refractivity contribution in [1.29, 1.82) is 0 Å². The number of carboxylic acids is 1. The van der Waals surface area contributed by atoms with Crippen molar-refractivity contribution in [1.82, 2.24) is 0 Å². The van der Waals surface area contributed by atoms with Crippen LogP contribution in [0.1, 0.15) is 12.8 Å². The van der Waals surface area contributed by atoms with Gasteiger partial charge < -0.3 is 10.8 Å². The summed E-state index contributed by atoms with van der Waals surface area (Å²) in [5.74, 6) is -0.597. The van der Waals surface area contributed by atoms with Crippen LogP contribution in [-0.2, 0) is 4.79 Å². The Morgan fingerprint density at radius 3 is 2.38 bits per heavy atom. The van der Waals surface area contributed by atoms with Crippen LogP contribution in [0, 0.1) is 5.92 Å². The van der Waals surface area contributed by atoms with Crippen molar-refractivity contribution in [2.45, 2.75) is 18.9 Å². The summed E-state index contributed by atoms with van der Waals surface area (Å²) in [6.45, 7) is 0. The first kappa shape index (κ1) is 5.56. The van der Waals surface area contributed by atoms with Crippen LogP contribution in [0.15, 0.2) is 0 Å². The lowest BCUT2D eigenvalue weighted by molar-refractivity contribution is -0.139. The van der Waals surface area contributed by atoms with Crippen LogP contribution >= 0.6 is 0 Å². The Hall–Kier alpha value is -0.570. The molecular weight excluding hydrogens is 106 g/mol. The second kappa shape index (κ2) is 1.74. The van der Waals surface area contributed by atoms with Crippen molar-refractivity contribution in [3.05, 3.63) is 0 Å². The summed E-state index contributed by atoms with van der Waals surface area (Å²) in [7, 11) is 0. The molecule has 8 heavy (non-hydrogen) atoms. The minimum atomic E-state index is -0.868. The zero-order valence-electron chi connectivity index (χ0n) is 4.50. The van der Waals surface area contributed by atoms with Gasteiger partial charge in [-0.2, -0.15) is 0 Å². The van der Waals surface area contributed by atoms with E-state index < -0.39 is 12.0 Å². The predicted molar refractivity (Wildman–Crippen MR) is 28.3 cm³/mol. The topological polar surface area (TPSA) is 63.3 Å². The molecule has 0 spiro atoms. The number of carboxylic acid groups (broad SMARTS) is 1. The number of hydrogen-bond acceptors (Lipinski definition) is 2. The van der Waals surface area contributed by atoms with Gasteiger partial charge in [-0.3, -0.25) is 4.79 Å². The molecule has 3 nitrogen and oxygen atoms in total. The molecule has 0 radical (unpaired) electrons. The summed E-state index contributed by atoms with van der Waals surface area (Å²) in [5.41, 5.74) is 5.22. The van der Waals surface area contributed by atoms with Gasteiger partial charge >= 0.3 is 5.97 Å². The number of hydrogen-bond donors (Lipinski definition) is 2. The van der Waals surface area contributed by atoms with Crippen molar-refractivity contribution in [3.8, 4) is 0 Å². The van der Waals surface area contributed by atoms with Gasteiger partial charge in [0.2, 0.25) is 0 Å². The molecule has 1 fully saturated rings. The maximum atomic E-state index is 10.1. The van der Waals surface area contributed by atoms with Crippen molar-refractivity contribution in [2.24, 2.45) is 11.7 Å².